The molecule has 0 heterocycles. The van der Waals surface area contributed by atoms with Gasteiger partial charge in [0.25, 0.3) is 0 Å². The number of nitrogens with zero attached hydrogens (tertiary/aromatic N) is 1. The minimum atomic E-state index is -0.145. The monoisotopic (exact) mass is 280 g/mol. The molecule has 1 N–H and O–H groups in total. The van der Waals surface area contributed by atoms with Crippen molar-refractivity contribution in [1.82, 2.24) is 5.43 Å². The van der Waals surface area contributed by atoms with Gasteiger partial charge in [-0.1, -0.05) is 13.8 Å². The van der Waals surface area contributed by atoms with Gasteiger partial charge in [0.2, 0.25) is 11.7 Å². The van der Waals surface area contributed by atoms with Crippen LogP contribution in [-0.4, -0.2) is 33.5 Å². The van der Waals surface area contributed by atoms with Crippen molar-refractivity contribution in [2.45, 2.75) is 13.8 Å². The number of methoxy groups -OCH3 is 3. The van der Waals surface area contributed by atoms with Crippen molar-refractivity contribution >= 4 is 12.1 Å². The summed E-state index contributed by atoms with van der Waals surface area (Å²) in [6.45, 7) is 3.59. The minimum absolute atomic E-state index is 0.118. The molecule has 1 aromatic rings. The standard InChI is InChI=1S/C14H20N2O4/c1-9(2)14(17)16-15-8-10-6-11(18-3)13(20-5)12(7-10)19-4/h6-9H,1-5H3,(H,16,17)/b15-8+. The van der Waals surface area contributed by atoms with Crippen LogP contribution in [0.5, 0.6) is 17.2 Å². The van der Waals surface area contributed by atoms with Gasteiger partial charge in [-0.3, -0.25) is 4.79 Å². The fourth-order valence-corrected chi connectivity index (χ4v) is 1.48. The van der Waals surface area contributed by atoms with E-state index in [1.165, 1.54) is 13.3 Å². The Bertz CT molecular complexity index is 473. The fourth-order valence-electron chi connectivity index (χ4n) is 1.48. The highest BCUT2D eigenvalue weighted by atomic mass is 16.5. The maximum atomic E-state index is 11.4. The molecular weight excluding hydrogens is 260 g/mol. The van der Waals surface area contributed by atoms with Crippen LogP contribution < -0.4 is 19.6 Å². The molecule has 0 aliphatic carbocycles. The van der Waals surface area contributed by atoms with E-state index in [1.807, 2.05) is 0 Å². The van der Waals surface area contributed by atoms with Crippen molar-refractivity contribution in [2.75, 3.05) is 21.3 Å². The van der Waals surface area contributed by atoms with E-state index in [9.17, 15) is 4.79 Å². The van der Waals surface area contributed by atoms with Gasteiger partial charge in [-0.25, -0.2) is 5.43 Å². The number of amides is 1. The minimum Gasteiger partial charge on any atom is -0.493 e. The zero-order chi connectivity index (χ0) is 15.1. The van der Waals surface area contributed by atoms with Gasteiger partial charge in [0.1, 0.15) is 0 Å². The molecule has 20 heavy (non-hydrogen) atoms. The molecule has 0 aliphatic heterocycles. The van der Waals surface area contributed by atoms with E-state index in [-0.39, 0.29) is 11.8 Å². The molecule has 0 aromatic heterocycles. The Kier molecular flexibility index (Phi) is 5.83. The summed E-state index contributed by atoms with van der Waals surface area (Å²) in [6, 6.07) is 3.48. The molecule has 110 valence electrons. The van der Waals surface area contributed by atoms with Crippen LogP contribution in [0.1, 0.15) is 19.4 Å². The van der Waals surface area contributed by atoms with Gasteiger partial charge in [0.15, 0.2) is 11.5 Å². The first-order chi connectivity index (χ1) is 9.53. The van der Waals surface area contributed by atoms with Crippen LogP contribution in [0, 0.1) is 5.92 Å². The molecule has 6 heteroatoms. The lowest BCUT2D eigenvalue weighted by Gasteiger charge is -2.12. The number of hydrazone groups is 1. The molecule has 0 spiro atoms. The Morgan fingerprint density at radius 2 is 1.70 bits per heavy atom. The Balaban J connectivity index is 2.96. The number of benzene rings is 1. The number of hydrogen-bond acceptors (Lipinski definition) is 5. The molecule has 0 unspecified atom stereocenters. The first-order valence-electron chi connectivity index (χ1n) is 6.16. The normalized spacial score (nSPS) is 10.7. The van der Waals surface area contributed by atoms with E-state index in [0.717, 1.165) is 5.56 Å². The van der Waals surface area contributed by atoms with E-state index < -0.39 is 0 Å². The molecule has 0 bridgehead atoms. The Hall–Kier alpha value is -2.24. The van der Waals surface area contributed by atoms with Gasteiger partial charge >= 0.3 is 0 Å². The predicted octanol–water partition coefficient (Wildman–Crippen LogP) is 1.82. The number of rotatable bonds is 6. The fraction of sp³-hybridized carbons (Fsp3) is 0.429. The van der Waals surface area contributed by atoms with Crippen molar-refractivity contribution in [3.05, 3.63) is 17.7 Å². The van der Waals surface area contributed by atoms with E-state index in [2.05, 4.69) is 10.5 Å². The van der Waals surface area contributed by atoms with Crippen LogP contribution in [0.3, 0.4) is 0 Å². The van der Waals surface area contributed by atoms with Crippen molar-refractivity contribution in [2.24, 2.45) is 11.0 Å². The van der Waals surface area contributed by atoms with Gasteiger partial charge in [0, 0.05) is 11.5 Å². The lowest BCUT2D eigenvalue weighted by Crippen LogP contribution is -2.22. The second-order valence-corrected chi connectivity index (χ2v) is 4.35. The number of ether oxygens (including phenoxy) is 3. The van der Waals surface area contributed by atoms with Crippen LogP contribution in [0.2, 0.25) is 0 Å². The van der Waals surface area contributed by atoms with E-state index in [0.29, 0.717) is 17.2 Å². The largest absolute Gasteiger partial charge is 0.493 e. The third kappa shape index (κ3) is 3.88. The van der Waals surface area contributed by atoms with Gasteiger partial charge in [-0.05, 0) is 12.1 Å². The van der Waals surface area contributed by atoms with Gasteiger partial charge in [-0.15, -0.1) is 0 Å². The van der Waals surface area contributed by atoms with Crippen LogP contribution in [-0.2, 0) is 4.79 Å². The summed E-state index contributed by atoms with van der Waals surface area (Å²) in [7, 11) is 4.62. The zero-order valence-electron chi connectivity index (χ0n) is 12.4. The molecule has 0 atom stereocenters. The second kappa shape index (κ2) is 7.37. The molecule has 6 nitrogen and oxygen atoms in total. The topological polar surface area (TPSA) is 69.2 Å². The van der Waals surface area contributed by atoms with Gasteiger partial charge < -0.3 is 14.2 Å². The Morgan fingerprint density at radius 1 is 1.15 bits per heavy atom. The lowest BCUT2D eigenvalue weighted by molar-refractivity contribution is -0.123. The summed E-state index contributed by atoms with van der Waals surface area (Å²) in [6.07, 6.45) is 1.52. The van der Waals surface area contributed by atoms with Gasteiger partial charge in [-0.2, -0.15) is 5.10 Å². The summed E-state index contributed by atoms with van der Waals surface area (Å²) in [5.74, 6) is 1.31. The molecule has 0 fully saturated rings. The molecular formula is C14H20N2O4. The summed E-state index contributed by atoms with van der Waals surface area (Å²) in [5, 5.41) is 3.89. The first-order valence-corrected chi connectivity index (χ1v) is 6.16. The predicted molar refractivity (Wildman–Crippen MR) is 76.7 cm³/mol. The Morgan fingerprint density at radius 3 is 2.10 bits per heavy atom. The van der Waals surface area contributed by atoms with Crippen LogP contribution in [0.15, 0.2) is 17.2 Å². The lowest BCUT2D eigenvalue weighted by atomic mass is 10.2. The second-order valence-electron chi connectivity index (χ2n) is 4.35. The number of hydrogen-bond donors (Lipinski definition) is 1. The van der Waals surface area contributed by atoms with E-state index in [1.54, 1.807) is 40.2 Å². The molecule has 0 aliphatic rings. The molecule has 0 radical (unpaired) electrons. The highest BCUT2D eigenvalue weighted by Gasteiger charge is 2.12. The van der Waals surface area contributed by atoms with E-state index in [4.69, 9.17) is 14.2 Å². The zero-order valence-corrected chi connectivity index (χ0v) is 12.4. The summed E-state index contributed by atoms with van der Waals surface area (Å²) in [4.78, 5) is 11.4. The quantitative estimate of drug-likeness (QED) is 0.637. The molecule has 0 saturated carbocycles. The third-order valence-electron chi connectivity index (χ3n) is 2.60. The molecule has 1 aromatic carbocycles. The number of carbonyl (C=O) groups is 1. The van der Waals surface area contributed by atoms with Crippen molar-refractivity contribution in [3.8, 4) is 17.2 Å². The molecule has 1 rings (SSSR count). The van der Waals surface area contributed by atoms with Crippen LogP contribution in [0.25, 0.3) is 0 Å². The summed E-state index contributed by atoms with van der Waals surface area (Å²) < 4.78 is 15.7. The number of nitrogens with one attached hydrogen (secondary N) is 1. The summed E-state index contributed by atoms with van der Waals surface area (Å²) in [5.41, 5.74) is 3.18. The number of carbonyl (C=O) groups excluding carboxylic acids is 1. The first kappa shape index (κ1) is 15.8. The summed E-state index contributed by atoms with van der Waals surface area (Å²) >= 11 is 0. The van der Waals surface area contributed by atoms with Crippen LogP contribution >= 0.6 is 0 Å². The highest BCUT2D eigenvalue weighted by Crippen LogP contribution is 2.37. The average Bonchev–Trinajstić information content (AvgIpc) is 2.45. The van der Waals surface area contributed by atoms with Crippen molar-refractivity contribution in [3.63, 3.8) is 0 Å². The van der Waals surface area contributed by atoms with Crippen molar-refractivity contribution < 1.29 is 19.0 Å². The SMILES string of the molecule is COc1cc(/C=N/NC(=O)C(C)C)cc(OC)c1OC. The third-order valence-corrected chi connectivity index (χ3v) is 2.60. The maximum Gasteiger partial charge on any atom is 0.242 e. The van der Waals surface area contributed by atoms with E-state index >= 15 is 0 Å². The molecule has 0 saturated heterocycles. The molecule has 1 amide bonds. The van der Waals surface area contributed by atoms with Crippen molar-refractivity contribution in [1.29, 1.82) is 0 Å². The maximum absolute atomic E-state index is 11.4. The highest BCUT2D eigenvalue weighted by molar-refractivity contribution is 5.84. The van der Waals surface area contributed by atoms with Crippen LogP contribution in [0.4, 0.5) is 0 Å². The smallest absolute Gasteiger partial charge is 0.242 e. The average molecular weight is 280 g/mol. The van der Waals surface area contributed by atoms with Gasteiger partial charge in [0.05, 0.1) is 27.5 Å². The Labute approximate surface area is 118 Å².